The van der Waals surface area contributed by atoms with Crippen molar-refractivity contribution in [1.29, 1.82) is 0 Å². The van der Waals surface area contributed by atoms with Gasteiger partial charge in [0.15, 0.2) is 11.9 Å². The number of ketones is 1. The molecule has 2 aromatic rings. The molecule has 292 valence electrons. The third kappa shape index (κ3) is 11.4. The van der Waals surface area contributed by atoms with Crippen LogP contribution in [0.5, 0.6) is 0 Å². The van der Waals surface area contributed by atoms with Crippen LogP contribution in [0.25, 0.3) is 0 Å². The average Bonchev–Trinajstić information content (AvgIpc) is 3.81. The number of nitrogens with zero attached hydrogens (tertiary/aromatic N) is 3. The largest absolute Gasteiger partial charge is 0.466 e. The highest BCUT2D eigenvalue weighted by Gasteiger charge is 2.47. The number of rotatable bonds is 18. The van der Waals surface area contributed by atoms with Crippen LogP contribution in [-0.2, 0) is 35.1 Å². The molecule has 0 spiro atoms. The number of ether oxygens (including phenoxy) is 2. The molecule has 2 fully saturated rings. The lowest BCUT2D eigenvalue weighted by Gasteiger charge is -2.40. The van der Waals surface area contributed by atoms with Gasteiger partial charge in [-0.25, -0.2) is 4.98 Å². The molecule has 11 nitrogen and oxygen atoms in total. The van der Waals surface area contributed by atoms with Crippen molar-refractivity contribution >= 4 is 40.9 Å². The van der Waals surface area contributed by atoms with Crippen molar-refractivity contribution in [3.05, 3.63) is 52.0 Å². The molecule has 1 aromatic heterocycles. The van der Waals surface area contributed by atoms with Crippen LogP contribution in [-0.4, -0.2) is 89.7 Å². The Bertz CT molecular complexity index is 1540. The highest BCUT2D eigenvalue weighted by molar-refractivity contribution is 7.09. The molecule has 2 amide bonds. The Kier molecular flexibility index (Phi) is 15.6. The van der Waals surface area contributed by atoms with E-state index in [2.05, 4.69) is 15.2 Å². The molecule has 1 aliphatic heterocycles. The van der Waals surface area contributed by atoms with Gasteiger partial charge in [0.05, 0.1) is 24.0 Å². The van der Waals surface area contributed by atoms with Crippen molar-refractivity contribution in [1.82, 2.24) is 20.1 Å². The van der Waals surface area contributed by atoms with Gasteiger partial charge in [-0.3, -0.25) is 28.9 Å². The molecule has 1 saturated carbocycles. The summed E-state index contributed by atoms with van der Waals surface area (Å²) in [4.78, 5) is 75.3. The normalized spacial score (nSPS) is 19.5. The first-order valence-electron chi connectivity index (χ1n) is 19.4. The van der Waals surface area contributed by atoms with E-state index in [1.165, 1.54) is 18.3 Å². The van der Waals surface area contributed by atoms with E-state index in [0.717, 1.165) is 44.2 Å². The fourth-order valence-corrected chi connectivity index (χ4v) is 9.01. The van der Waals surface area contributed by atoms with E-state index in [9.17, 15) is 24.0 Å². The Hall–Kier alpha value is -3.64. The molecule has 2 heterocycles. The number of likely N-dealkylation sites (tertiary alicyclic amines) is 1. The highest BCUT2D eigenvalue weighted by Crippen LogP contribution is 2.45. The second-order valence-corrected chi connectivity index (χ2v) is 16.4. The van der Waals surface area contributed by atoms with Gasteiger partial charge in [0.1, 0.15) is 10.7 Å². The zero-order valence-corrected chi connectivity index (χ0v) is 33.5. The summed E-state index contributed by atoms with van der Waals surface area (Å²) in [5, 5.41) is 5.19. The van der Waals surface area contributed by atoms with Crippen molar-refractivity contribution in [2.24, 2.45) is 17.3 Å². The van der Waals surface area contributed by atoms with Gasteiger partial charge >= 0.3 is 11.9 Å². The van der Waals surface area contributed by atoms with Gasteiger partial charge in [0.25, 0.3) is 5.91 Å². The summed E-state index contributed by atoms with van der Waals surface area (Å²) in [5.41, 5.74) is 0.471. The van der Waals surface area contributed by atoms with Crippen molar-refractivity contribution < 1.29 is 33.4 Å². The van der Waals surface area contributed by atoms with Gasteiger partial charge in [0, 0.05) is 44.3 Å². The van der Waals surface area contributed by atoms with Crippen molar-refractivity contribution in [2.45, 2.75) is 129 Å². The molecule has 5 atom stereocenters. The first-order valence-corrected chi connectivity index (χ1v) is 20.3. The molecule has 53 heavy (non-hydrogen) atoms. The third-order valence-electron chi connectivity index (χ3n) is 11.0. The molecule has 1 aliphatic carbocycles. The van der Waals surface area contributed by atoms with Gasteiger partial charge < -0.3 is 19.7 Å². The van der Waals surface area contributed by atoms with E-state index in [4.69, 9.17) is 9.47 Å². The predicted octanol–water partition coefficient (Wildman–Crippen LogP) is 6.55. The Morgan fingerprint density at radius 3 is 2.36 bits per heavy atom. The number of hydrogen-bond acceptors (Lipinski definition) is 10. The van der Waals surface area contributed by atoms with Gasteiger partial charge in [-0.05, 0) is 70.5 Å². The van der Waals surface area contributed by atoms with Crippen LogP contribution < -0.4 is 5.32 Å². The number of carbonyl (C=O) groups excluding carboxylic acids is 5. The molecular formula is C41H60N4O7S. The molecule has 1 saturated heterocycles. The van der Waals surface area contributed by atoms with Crippen molar-refractivity contribution in [3.8, 4) is 0 Å². The third-order valence-corrected chi connectivity index (χ3v) is 12.0. The Labute approximate surface area is 319 Å². The maximum absolute atomic E-state index is 14.5. The second kappa shape index (κ2) is 19.6. The Morgan fingerprint density at radius 1 is 1.04 bits per heavy atom. The number of amides is 2. The number of hydrogen-bond donors (Lipinski definition) is 1. The predicted molar refractivity (Wildman–Crippen MR) is 205 cm³/mol. The summed E-state index contributed by atoms with van der Waals surface area (Å²) < 4.78 is 11.1. The number of piperidine rings is 1. The summed E-state index contributed by atoms with van der Waals surface area (Å²) in [6.07, 6.45) is 6.79. The standard InChI is InChI=1S/C41H60N4O7S/c1-8-51-39(49)28(4)22-31(23-30-16-10-9-11-17-30)42-37(48)32-26-53-38(43-32)36(52-29(5)46)24-34(27(2)3)45(7)40(50)41(19-13-14-20-41)25-35(47)33-18-12-15-21-44(33)6/h9-11,16-17,26-28,31,33-34,36H,8,12-15,18-25H2,1-7H3,(H,42,48)/t28-,31+,33+,34+,36+/m0/s1. The average molecular weight is 753 g/mol. The van der Waals surface area contributed by atoms with E-state index in [1.54, 1.807) is 31.2 Å². The van der Waals surface area contributed by atoms with Gasteiger partial charge in [0.2, 0.25) is 5.91 Å². The van der Waals surface area contributed by atoms with E-state index in [1.807, 2.05) is 51.2 Å². The number of benzene rings is 1. The first-order chi connectivity index (χ1) is 25.2. The van der Waals surface area contributed by atoms with Gasteiger partial charge in [-0.2, -0.15) is 0 Å². The minimum Gasteiger partial charge on any atom is -0.466 e. The van der Waals surface area contributed by atoms with Gasteiger partial charge in [-0.1, -0.05) is 70.4 Å². The first kappa shape index (κ1) is 42.1. The van der Waals surface area contributed by atoms with E-state index < -0.39 is 29.3 Å². The van der Waals surface area contributed by atoms with Crippen LogP contribution in [0, 0.1) is 17.3 Å². The zero-order chi connectivity index (χ0) is 38.7. The number of esters is 2. The summed E-state index contributed by atoms with van der Waals surface area (Å²) in [6, 6.07) is 8.93. The molecule has 1 N–H and O–H groups in total. The molecular weight excluding hydrogens is 693 g/mol. The van der Waals surface area contributed by atoms with Crippen LogP contribution in [0.4, 0.5) is 0 Å². The molecule has 4 rings (SSSR count). The molecule has 0 bridgehead atoms. The molecule has 0 unspecified atom stereocenters. The molecule has 2 aliphatic rings. The lowest BCUT2D eigenvalue weighted by Crippen LogP contribution is -2.50. The second-order valence-electron chi connectivity index (χ2n) is 15.5. The molecule has 12 heteroatoms. The Morgan fingerprint density at radius 2 is 1.74 bits per heavy atom. The lowest BCUT2D eigenvalue weighted by molar-refractivity contribution is -0.151. The van der Waals surface area contributed by atoms with Crippen molar-refractivity contribution in [3.63, 3.8) is 0 Å². The van der Waals surface area contributed by atoms with Crippen molar-refractivity contribution in [2.75, 3.05) is 27.2 Å². The minimum absolute atomic E-state index is 0.00324. The lowest BCUT2D eigenvalue weighted by atomic mass is 9.77. The number of thiazole rings is 1. The Balaban J connectivity index is 1.51. The molecule has 1 aromatic carbocycles. The van der Waals surface area contributed by atoms with Crippen LogP contribution in [0.3, 0.4) is 0 Å². The minimum atomic E-state index is -0.789. The number of likely N-dealkylation sites (N-methyl/N-ethyl adjacent to an activating group) is 1. The van der Waals surface area contributed by atoms with Crippen LogP contribution in [0.15, 0.2) is 35.7 Å². The van der Waals surface area contributed by atoms with Gasteiger partial charge in [-0.15, -0.1) is 11.3 Å². The van der Waals surface area contributed by atoms with Crippen LogP contribution in [0.1, 0.15) is 126 Å². The number of nitrogens with one attached hydrogen (secondary N) is 1. The topological polar surface area (TPSA) is 135 Å². The fraction of sp³-hybridized carbons (Fsp3) is 0.659. The summed E-state index contributed by atoms with van der Waals surface area (Å²) >= 11 is 1.23. The SMILES string of the molecule is CCOC(=O)[C@@H](C)C[C@H](Cc1ccccc1)NC(=O)c1csc([C@@H](C[C@H](C(C)C)N(C)C(=O)C2(CC(=O)[C@H]3CCCCN3C)CCCC2)OC(C)=O)n1. The summed E-state index contributed by atoms with van der Waals surface area (Å²) in [7, 11) is 3.81. The summed E-state index contributed by atoms with van der Waals surface area (Å²) in [6.45, 7) is 10.1. The smallest absolute Gasteiger partial charge is 0.308 e. The number of Topliss-reactive ketones (excluding diaryl/α,β-unsaturated/α-hetero) is 1. The highest BCUT2D eigenvalue weighted by atomic mass is 32.1. The molecule has 0 radical (unpaired) electrons. The van der Waals surface area contributed by atoms with Crippen LogP contribution in [0.2, 0.25) is 0 Å². The number of aromatic nitrogens is 1. The van der Waals surface area contributed by atoms with Crippen LogP contribution >= 0.6 is 11.3 Å². The van der Waals surface area contributed by atoms with E-state index >= 15 is 0 Å². The monoisotopic (exact) mass is 752 g/mol. The zero-order valence-electron chi connectivity index (χ0n) is 32.7. The quantitative estimate of drug-likeness (QED) is 0.168. The maximum atomic E-state index is 14.5. The maximum Gasteiger partial charge on any atom is 0.308 e. The fourth-order valence-electron chi connectivity index (χ4n) is 8.17. The number of carbonyl (C=O) groups is 5. The van der Waals surface area contributed by atoms with E-state index in [0.29, 0.717) is 30.7 Å². The van der Waals surface area contributed by atoms with E-state index in [-0.39, 0.29) is 66.8 Å². The summed E-state index contributed by atoms with van der Waals surface area (Å²) in [5.74, 6) is -1.49.